The third kappa shape index (κ3) is 3.13. The number of anilines is 1. The highest BCUT2D eigenvalue weighted by Gasteiger charge is 2.53. The van der Waals surface area contributed by atoms with Crippen molar-refractivity contribution in [3.63, 3.8) is 0 Å². The van der Waals surface area contributed by atoms with Crippen LogP contribution in [0.15, 0.2) is 41.4 Å². The van der Waals surface area contributed by atoms with E-state index < -0.39 is 22.7 Å². The molecule has 0 saturated carbocycles. The maximum absolute atomic E-state index is 15.1. The van der Waals surface area contributed by atoms with Gasteiger partial charge in [0.2, 0.25) is 5.91 Å². The molecule has 2 aliphatic rings. The minimum absolute atomic E-state index is 0.0421. The molecular weight excluding hydrogens is 411 g/mol. The molecule has 0 saturated heterocycles. The highest BCUT2D eigenvalue weighted by molar-refractivity contribution is 6.01. The SMILES string of the molecule is CN1C(=O)C(C)(C)C(C)(c2cc(NC3CCc4c(C(=O)O)cccc43)ccc2F)N=C1N. The molecule has 0 radical (unpaired) electrons. The second-order valence-electron chi connectivity index (χ2n) is 9.14. The Hall–Kier alpha value is -3.42. The number of hydrogen-bond acceptors (Lipinski definition) is 5. The zero-order valence-electron chi connectivity index (χ0n) is 18.6. The van der Waals surface area contributed by atoms with E-state index in [1.807, 2.05) is 6.07 Å². The molecular formula is C24H27FN4O3. The number of carbonyl (C=O) groups excluding carboxylic acids is 1. The van der Waals surface area contributed by atoms with E-state index in [4.69, 9.17) is 5.73 Å². The maximum atomic E-state index is 15.1. The van der Waals surface area contributed by atoms with Crippen molar-refractivity contribution in [2.24, 2.45) is 16.1 Å². The van der Waals surface area contributed by atoms with Crippen LogP contribution in [0.3, 0.4) is 0 Å². The number of carboxylic acids is 1. The molecule has 1 aliphatic heterocycles. The number of aliphatic imine (C=N–C) groups is 1. The van der Waals surface area contributed by atoms with Crippen LogP contribution in [0.4, 0.5) is 10.1 Å². The van der Waals surface area contributed by atoms with E-state index >= 15 is 4.39 Å². The molecule has 2 aromatic rings. The van der Waals surface area contributed by atoms with E-state index in [1.165, 1.54) is 11.0 Å². The van der Waals surface area contributed by atoms with Crippen LogP contribution < -0.4 is 11.1 Å². The van der Waals surface area contributed by atoms with Gasteiger partial charge in [0.05, 0.1) is 17.0 Å². The van der Waals surface area contributed by atoms with Gasteiger partial charge in [0, 0.05) is 18.3 Å². The van der Waals surface area contributed by atoms with Crippen LogP contribution >= 0.6 is 0 Å². The number of fused-ring (bicyclic) bond motifs is 1. The molecule has 2 aromatic carbocycles. The number of amides is 1. The minimum atomic E-state index is -1.20. The van der Waals surface area contributed by atoms with Crippen LogP contribution in [0.5, 0.6) is 0 Å². The molecule has 168 valence electrons. The molecule has 2 unspecified atom stereocenters. The Kier molecular flexibility index (Phi) is 4.99. The topological polar surface area (TPSA) is 108 Å². The number of aromatic carboxylic acids is 1. The van der Waals surface area contributed by atoms with E-state index in [-0.39, 0.29) is 23.5 Å². The van der Waals surface area contributed by atoms with E-state index in [0.29, 0.717) is 17.7 Å². The average molecular weight is 439 g/mol. The van der Waals surface area contributed by atoms with Gasteiger partial charge >= 0.3 is 5.97 Å². The van der Waals surface area contributed by atoms with Crippen LogP contribution in [-0.2, 0) is 16.8 Å². The number of nitrogens with two attached hydrogens (primary N) is 1. The summed E-state index contributed by atoms with van der Waals surface area (Å²) in [5.41, 5.74) is 6.76. The zero-order valence-corrected chi connectivity index (χ0v) is 18.6. The van der Waals surface area contributed by atoms with Crippen LogP contribution in [0.2, 0.25) is 0 Å². The lowest BCUT2D eigenvalue weighted by Gasteiger charge is -2.46. The van der Waals surface area contributed by atoms with Gasteiger partial charge < -0.3 is 16.2 Å². The second-order valence-corrected chi connectivity index (χ2v) is 9.14. The van der Waals surface area contributed by atoms with Crippen LogP contribution in [0, 0.1) is 11.2 Å². The van der Waals surface area contributed by atoms with Gasteiger partial charge in [0.1, 0.15) is 11.4 Å². The summed E-state index contributed by atoms with van der Waals surface area (Å²) < 4.78 is 15.1. The molecule has 0 fully saturated rings. The van der Waals surface area contributed by atoms with Gasteiger partial charge in [-0.05, 0) is 69.0 Å². The number of rotatable bonds is 4. The summed E-state index contributed by atoms with van der Waals surface area (Å²) >= 11 is 0. The Morgan fingerprint density at radius 3 is 2.69 bits per heavy atom. The molecule has 0 spiro atoms. The molecule has 1 amide bonds. The Morgan fingerprint density at radius 2 is 2.00 bits per heavy atom. The van der Waals surface area contributed by atoms with Gasteiger partial charge in [0.25, 0.3) is 0 Å². The highest BCUT2D eigenvalue weighted by Crippen LogP contribution is 2.48. The first-order valence-corrected chi connectivity index (χ1v) is 10.5. The molecule has 32 heavy (non-hydrogen) atoms. The standard InChI is InChI=1S/C24H27FN4O3/c1-23(2)21(32)29(4)22(26)28-24(23,3)17-12-13(8-10-18(17)25)27-19-11-9-14-15(19)6-5-7-16(14)20(30)31/h5-8,10,12,19,27H,9,11H2,1-4H3,(H2,26,28)(H,30,31). The second kappa shape index (κ2) is 7.32. The molecule has 0 aromatic heterocycles. The predicted octanol–water partition coefficient (Wildman–Crippen LogP) is 3.65. The first kappa shape index (κ1) is 21.8. The van der Waals surface area contributed by atoms with Crippen LogP contribution in [0.1, 0.15) is 60.3 Å². The van der Waals surface area contributed by atoms with Crippen molar-refractivity contribution in [2.45, 2.75) is 45.2 Å². The number of guanidine groups is 1. The van der Waals surface area contributed by atoms with Gasteiger partial charge in [0.15, 0.2) is 5.96 Å². The summed E-state index contributed by atoms with van der Waals surface area (Å²) in [5.74, 6) is -1.61. The number of benzene rings is 2. The molecule has 4 rings (SSSR count). The molecule has 4 N–H and O–H groups in total. The summed E-state index contributed by atoms with van der Waals surface area (Å²) in [6, 6.07) is 9.84. The first-order valence-electron chi connectivity index (χ1n) is 10.5. The van der Waals surface area contributed by atoms with Crippen molar-refractivity contribution in [1.29, 1.82) is 0 Å². The van der Waals surface area contributed by atoms with Crippen LogP contribution in [0.25, 0.3) is 0 Å². The lowest BCUT2D eigenvalue weighted by Crippen LogP contribution is -2.58. The van der Waals surface area contributed by atoms with Crippen molar-refractivity contribution in [1.82, 2.24) is 4.90 Å². The number of nitrogens with one attached hydrogen (secondary N) is 1. The molecule has 7 nitrogen and oxygen atoms in total. The van der Waals surface area contributed by atoms with Gasteiger partial charge in [-0.2, -0.15) is 0 Å². The van der Waals surface area contributed by atoms with E-state index in [1.54, 1.807) is 52.1 Å². The molecule has 1 aliphatic carbocycles. The minimum Gasteiger partial charge on any atom is -0.478 e. The van der Waals surface area contributed by atoms with Gasteiger partial charge in [-0.15, -0.1) is 0 Å². The molecule has 8 heteroatoms. The number of carboxylic acid groups (broad SMARTS) is 1. The van der Waals surface area contributed by atoms with Gasteiger partial charge in [-0.25, -0.2) is 14.2 Å². The van der Waals surface area contributed by atoms with Gasteiger partial charge in [-0.1, -0.05) is 12.1 Å². The normalized spacial score (nSPS) is 24.2. The molecule has 0 bridgehead atoms. The summed E-state index contributed by atoms with van der Waals surface area (Å²) in [6.07, 6.45) is 1.37. The third-order valence-electron chi connectivity index (χ3n) is 7.07. The Morgan fingerprint density at radius 1 is 1.28 bits per heavy atom. The fourth-order valence-electron chi connectivity index (χ4n) is 4.77. The zero-order chi connectivity index (χ0) is 23.4. The Bertz CT molecular complexity index is 1160. The van der Waals surface area contributed by atoms with E-state index in [0.717, 1.165) is 17.5 Å². The number of carbonyl (C=O) groups is 2. The smallest absolute Gasteiger partial charge is 0.335 e. The van der Waals surface area contributed by atoms with Crippen molar-refractivity contribution >= 4 is 23.5 Å². The van der Waals surface area contributed by atoms with E-state index in [2.05, 4.69) is 10.3 Å². The third-order valence-corrected chi connectivity index (χ3v) is 7.07. The summed E-state index contributed by atoms with van der Waals surface area (Å²) in [7, 11) is 1.56. The maximum Gasteiger partial charge on any atom is 0.335 e. The number of nitrogens with zero attached hydrogens (tertiary/aromatic N) is 2. The average Bonchev–Trinajstić information content (AvgIpc) is 3.15. The van der Waals surface area contributed by atoms with Crippen molar-refractivity contribution in [3.05, 3.63) is 64.5 Å². The van der Waals surface area contributed by atoms with Crippen molar-refractivity contribution < 1.29 is 19.1 Å². The fourth-order valence-corrected chi connectivity index (χ4v) is 4.77. The lowest BCUT2D eigenvalue weighted by molar-refractivity contribution is -0.140. The van der Waals surface area contributed by atoms with E-state index in [9.17, 15) is 14.7 Å². The summed E-state index contributed by atoms with van der Waals surface area (Å²) in [4.78, 5) is 30.3. The monoisotopic (exact) mass is 438 g/mol. The largest absolute Gasteiger partial charge is 0.478 e. The lowest BCUT2D eigenvalue weighted by atomic mass is 9.67. The molecule has 2 atom stereocenters. The Balaban J connectivity index is 1.73. The van der Waals surface area contributed by atoms with Crippen LogP contribution in [-0.4, -0.2) is 34.9 Å². The Labute approximate surface area is 186 Å². The predicted molar refractivity (Wildman–Crippen MR) is 120 cm³/mol. The fraction of sp³-hybridized carbons (Fsp3) is 0.375. The quantitative estimate of drug-likeness (QED) is 0.675. The van der Waals surface area contributed by atoms with Gasteiger partial charge in [-0.3, -0.25) is 9.69 Å². The first-order chi connectivity index (χ1) is 15.0. The number of halogens is 1. The highest BCUT2D eigenvalue weighted by atomic mass is 19.1. The number of hydrogen-bond donors (Lipinski definition) is 3. The summed E-state index contributed by atoms with van der Waals surface area (Å²) in [5, 5.41) is 12.9. The van der Waals surface area contributed by atoms with Crippen molar-refractivity contribution in [2.75, 3.05) is 12.4 Å². The molecule has 1 heterocycles. The van der Waals surface area contributed by atoms with Crippen molar-refractivity contribution in [3.8, 4) is 0 Å². The summed E-state index contributed by atoms with van der Waals surface area (Å²) in [6.45, 7) is 5.20.